The molecule has 1 aromatic heterocycles. The van der Waals surface area contributed by atoms with Gasteiger partial charge >= 0.3 is 0 Å². The lowest BCUT2D eigenvalue weighted by Gasteiger charge is -2.22. The quantitative estimate of drug-likeness (QED) is 0.917. The molecule has 1 aliphatic heterocycles. The summed E-state index contributed by atoms with van der Waals surface area (Å²) < 4.78 is 0. The SMILES string of the molecule is c1ccc(-c2csc(CCC3CCCNC3)n2)cc1. The molecule has 1 N–H and O–H groups in total. The van der Waals surface area contributed by atoms with Crippen molar-refractivity contribution in [1.29, 1.82) is 0 Å². The Bertz CT molecular complexity index is 500. The van der Waals surface area contributed by atoms with Gasteiger partial charge in [0.2, 0.25) is 0 Å². The fourth-order valence-corrected chi connectivity index (χ4v) is 3.49. The predicted molar refractivity (Wildman–Crippen MR) is 81.5 cm³/mol. The lowest BCUT2D eigenvalue weighted by Crippen LogP contribution is -2.29. The molecule has 3 rings (SSSR count). The van der Waals surface area contributed by atoms with Gasteiger partial charge in [0.1, 0.15) is 0 Å². The Morgan fingerprint density at radius 3 is 2.95 bits per heavy atom. The molecule has 0 aliphatic carbocycles. The van der Waals surface area contributed by atoms with Crippen LogP contribution in [0.25, 0.3) is 11.3 Å². The summed E-state index contributed by atoms with van der Waals surface area (Å²) in [5.41, 5.74) is 2.35. The monoisotopic (exact) mass is 272 g/mol. The summed E-state index contributed by atoms with van der Waals surface area (Å²) in [5.74, 6) is 0.845. The topological polar surface area (TPSA) is 24.9 Å². The smallest absolute Gasteiger partial charge is 0.0932 e. The molecule has 0 saturated carbocycles. The number of rotatable bonds is 4. The van der Waals surface area contributed by atoms with Gasteiger partial charge in [-0.25, -0.2) is 4.98 Å². The average Bonchev–Trinajstić information content (AvgIpc) is 2.96. The Morgan fingerprint density at radius 1 is 1.26 bits per heavy atom. The van der Waals surface area contributed by atoms with E-state index in [0.717, 1.165) is 18.0 Å². The van der Waals surface area contributed by atoms with Gasteiger partial charge < -0.3 is 5.32 Å². The van der Waals surface area contributed by atoms with Gasteiger partial charge in [0.15, 0.2) is 0 Å². The summed E-state index contributed by atoms with van der Waals surface area (Å²) in [6, 6.07) is 10.4. The molecule has 0 amide bonds. The standard InChI is InChI=1S/C16H20N2S/c1-2-6-14(7-3-1)15-12-19-16(18-15)9-8-13-5-4-10-17-11-13/h1-3,6-7,12-13,17H,4-5,8-11H2. The number of benzene rings is 1. The van der Waals surface area contributed by atoms with Gasteiger partial charge in [-0.1, -0.05) is 30.3 Å². The summed E-state index contributed by atoms with van der Waals surface area (Å²) >= 11 is 1.80. The molecule has 1 fully saturated rings. The summed E-state index contributed by atoms with van der Waals surface area (Å²) in [7, 11) is 0. The lowest BCUT2D eigenvalue weighted by molar-refractivity contribution is 0.358. The van der Waals surface area contributed by atoms with E-state index in [1.54, 1.807) is 11.3 Å². The van der Waals surface area contributed by atoms with Gasteiger partial charge in [-0.3, -0.25) is 0 Å². The zero-order valence-electron chi connectivity index (χ0n) is 11.1. The molecule has 3 heteroatoms. The highest BCUT2D eigenvalue weighted by atomic mass is 32.1. The van der Waals surface area contributed by atoms with E-state index in [9.17, 15) is 0 Å². The molecule has 19 heavy (non-hydrogen) atoms. The molecular weight excluding hydrogens is 252 g/mol. The molecule has 1 aliphatic rings. The van der Waals surface area contributed by atoms with Crippen LogP contribution in [-0.2, 0) is 6.42 Å². The Hall–Kier alpha value is -1.19. The average molecular weight is 272 g/mol. The van der Waals surface area contributed by atoms with Crippen LogP contribution < -0.4 is 5.32 Å². The van der Waals surface area contributed by atoms with Crippen molar-refractivity contribution in [2.24, 2.45) is 5.92 Å². The van der Waals surface area contributed by atoms with Gasteiger partial charge in [-0.15, -0.1) is 11.3 Å². The third-order valence-electron chi connectivity index (χ3n) is 3.79. The van der Waals surface area contributed by atoms with Crippen LogP contribution in [-0.4, -0.2) is 18.1 Å². The minimum atomic E-state index is 0.845. The van der Waals surface area contributed by atoms with Gasteiger partial charge in [-0.05, 0) is 44.7 Å². The third kappa shape index (κ3) is 3.43. The number of thiazole rings is 1. The molecule has 2 nitrogen and oxygen atoms in total. The molecule has 1 atom stereocenters. The minimum Gasteiger partial charge on any atom is -0.316 e. The second kappa shape index (κ2) is 6.31. The van der Waals surface area contributed by atoms with Crippen LogP contribution in [0.5, 0.6) is 0 Å². The van der Waals surface area contributed by atoms with Gasteiger partial charge in [-0.2, -0.15) is 0 Å². The van der Waals surface area contributed by atoms with Gasteiger partial charge in [0, 0.05) is 10.9 Å². The van der Waals surface area contributed by atoms with Crippen LogP contribution in [0.15, 0.2) is 35.7 Å². The van der Waals surface area contributed by atoms with Crippen LogP contribution >= 0.6 is 11.3 Å². The van der Waals surface area contributed by atoms with Crippen molar-refractivity contribution in [2.75, 3.05) is 13.1 Å². The van der Waals surface area contributed by atoms with Crippen LogP contribution in [0.3, 0.4) is 0 Å². The highest BCUT2D eigenvalue weighted by Gasteiger charge is 2.13. The van der Waals surface area contributed by atoms with E-state index in [-0.39, 0.29) is 0 Å². The van der Waals surface area contributed by atoms with E-state index >= 15 is 0 Å². The number of hydrogen-bond donors (Lipinski definition) is 1. The van der Waals surface area contributed by atoms with Crippen molar-refractivity contribution < 1.29 is 0 Å². The first-order valence-corrected chi connectivity index (χ1v) is 8.00. The van der Waals surface area contributed by atoms with E-state index in [1.165, 1.54) is 42.9 Å². The highest BCUT2D eigenvalue weighted by Crippen LogP contribution is 2.24. The summed E-state index contributed by atoms with van der Waals surface area (Å²) in [5, 5.41) is 6.95. The third-order valence-corrected chi connectivity index (χ3v) is 4.70. The maximum atomic E-state index is 4.76. The molecule has 100 valence electrons. The molecule has 1 aromatic carbocycles. The minimum absolute atomic E-state index is 0.845. The first-order valence-electron chi connectivity index (χ1n) is 7.12. The zero-order chi connectivity index (χ0) is 12.9. The molecule has 2 heterocycles. The Labute approximate surface area is 118 Å². The normalized spacial score (nSPS) is 19.5. The molecule has 0 spiro atoms. The van der Waals surface area contributed by atoms with Crippen LogP contribution in [0.2, 0.25) is 0 Å². The Kier molecular flexibility index (Phi) is 4.26. The van der Waals surface area contributed by atoms with Crippen molar-refractivity contribution in [2.45, 2.75) is 25.7 Å². The number of piperidine rings is 1. The number of hydrogen-bond acceptors (Lipinski definition) is 3. The van der Waals surface area contributed by atoms with Gasteiger partial charge in [0.05, 0.1) is 10.7 Å². The van der Waals surface area contributed by atoms with E-state index in [2.05, 4.69) is 35.0 Å². The van der Waals surface area contributed by atoms with Gasteiger partial charge in [0.25, 0.3) is 0 Å². The van der Waals surface area contributed by atoms with Crippen LogP contribution in [0, 0.1) is 5.92 Å². The summed E-state index contributed by atoms with van der Waals surface area (Å²) in [6.07, 6.45) is 5.11. The summed E-state index contributed by atoms with van der Waals surface area (Å²) in [4.78, 5) is 4.76. The Morgan fingerprint density at radius 2 is 2.16 bits per heavy atom. The predicted octanol–water partition coefficient (Wildman–Crippen LogP) is 3.74. The van der Waals surface area contributed by atoms with Crippen molar-refractivity contribution in [1.82, 2.24) is 10.3 Å². The highest BCUT2D eigenvalue weighted by molar-refractivity contribution is 7.09. The maximum absolute atomic E-state index is 4.76. The number of aromatic nitrogens is 1. The van der Waals surface area contributed by atoms with E-state index in [1.807, 2.05) is 6.07 Å². The molecular formula is C16H20N2S. The second-order valence-electron chi connectivity index (χ2n) is 5.24. The number of aryl methyl sites for hydroxylation is 1. The molecule has 1 saturated heterocycles. The van der Waals surface area contributed by atoms with E-state index < -0.39 is 0 Å². The molecule has 1 unspecified atom stereocenters. The van der Waals surface area contributed by atoms with Crippen molar-refractivity contribution in [3.8, 4) is 11.3 Å². The van der Waals surface area contributed by atoms with E-state index in [0.29, 0.717) is 0 Å². The van der Waals surface area contributed by atoms with Crippen molar-refractivity contribution >= 4 is 11.3 Å². The number of nitrogens with zero attached hydrogens (tertiary/aromatic N) is 1. The first-order chi connectivity index (χ1) is 9.42. The maximum Gasteiger partial charge on any atom is 0.0932 e. The van der Waals surface area contributed by atoms with Crippen LogP contribution in [0.1, 0.15) is 24.3 Å². The Balaban J connectivity index is 1.59. The largest absolute Gasteiger partial charge is 0.316 e. The molecule has 0 bridgehead atoms. The van der Waals surface area contributed by atoms with Crippen molar-refractivity contribution in [3.63, 3.8) is 0 Å². The summed E-state index contributed by atoms with van der Waals surface area (Å²) in [6.45, 7) is 2.39. The van der Waals surface area contributed by atoms with Crippen molar-refractivity contribution in [3.05, 3.63) is 40.7 Å². The fraction of sp³-hybridized carbons (Fsp3) is 0.438. The lowest BCUT2D eigenvalue weighted by atomic mass is 9.95. The molecule has 0 radical (unpaired) electrons. The zero-order valence-corrected chi connectivity index (χ0v) is 12.0. The van der Waals surface area contributed by atoms with E-state index in [4.69, 9.17) is 4.98 Å². The second-order valence-corrected chi connectivity index (χ2v) is 6.19. The number of nitrogens with one attached hydrogen (secondary N) is 1. The first kappa shape index (κ1) is 12.8. The van der Waals surface area contributed by atoms with Crippen LogP contribution in [0.4, 0.5) is 0 Å². The molecule has 2 aromatic rings. The fourth-order valence-electron chi connectivity index (χ4n) is 2.67.